The van der Waals surface area contributed by atoms with Crippen LogP contribution in [0.15, 0.2) is 59.5 Å². The van der Waals surface area contributed by atoms with Gasteiger partial charge in [-0.3, -0.25) is 20.4 Å². The summed E-state index contributed by atoms with van der Waals surface area (Å²) in [5.74, 6) is -1.56. The van der Waals surface area contributed by atoms with Crippen LogP contribution >= 0.6 is 0 Å². The van der Waals surface area contributed by atoms with E-state index in [1.807, 2.05) is 0 Å². The van der Waals surface area contributed by atoms with Gasteiger partial charge in [-0.2, -0.15) is 17.5 Å². The van der Waals surface area contributed by atoms with Crippen LogP contribution in [0.5, 0.6) is 0 Å². The second-order valence-corrected chi connectivity index (χ2v) is 8.88. The van der Waals surface area contributed by atoms with Crippen LogP contribution in [0.3, 0.4) is 0 Å². The molecule has 0 bridgehead atoms. The van der Waals surface area contributed by atoms with Gasteiger partial charge < -0.3 is 4.74 Å². The number of nitrogens with one attached hydrogen (secondary N) is 2. The maximum atomic E-state index is 12.7. The molecule has 0 atom stereocenters. The SMILES string of the molecule is O=C(/C=C/c1cccc(C(F)(F)F)c1)NNC(=O)c1cccc(S(=O)(=O)N2CCOCC2)c1. The molecule has 1 saturated heterocycles. The zero-order valence-electron chi connectivity index (χ0n) is 17.1. The highest BCUT2D eigenvalue weighted by Crippen LogP contribution is 2.29. The maximum Gasteiger partial charge on any atom is 0.416 e. The van der Waals surface area contributed by atoms with Crippen molar-refractivity contribution in [1.29, 1.82) is 0 Å². The van der Waals surface area contributed by atoms with E-state index >= 15 is 0 Å². The molecule has 0 spiro atoms. The second kappa shape index (κ2) is 10.1. The zero-order chi connectivity index (χ0) is 24.1. The van der Waals surface area contributed by atoms with Gasteiger partial charge in [-0.15, -0.1) is 0 Å². The van der Waals surface area contributed by atoms with Gasteiger partial charge in [0.05, 0.1) is 23.7 Å². The molecule has 33 heavy (non-hydrogen) atoms. The van der Waals surface area contributed by atoms with Gasteiger partial charge in [0.1, 0.15) is 0 Å². The quantitative estimate of drug-likeness (QED) is 0.501. The highest BCUT2D eigenvalue weighted by atomic mass is 32.2. The van der Waals surface area contributed by atoms with Crippen LogP contribution in [0.25, 0.3) is 6.08 Å². The first kappa shape index (κ1) is 24.4. The number of carbonyl (C=O) groups excluding carboxylic acids is 2. The summed E-state index contributed by atoms with van der Waals surface area (Å²) in [6, 6.07) is 9.70. The summed E-state index contributed by atoms with van der Waals surface area (Å²) in [6.45, 7) is 0.957. The number of benzene rings is 2. The fourth-order valence-electron chi connectivity index (χ4n) is 2.96. The van der Waals surface area contributed by atoms with Gasteiger partial charge in [0.2, 0.25) is 10.0 Å². The number of alkyl halides is 3. The first-order valence-electron chi connectivity index (χ1n) is 9.71. The fourth-order valence-corrected chi connectivity index (χ4v) is 4.41. The highest BCUT2D eigenvalue weighted by molar-refractivity contribution is 7.89. The van der Waals surface area contributed by atoms with Crippen LogP contribution in [-0.4, -0.2) is 50.8 Å². The molecule has 2 aromatic carbocycles. The van der Waals surface area contributed by atoms with E-state index in [1.165, 1.54) is 40.7 Å². The van der Waals surface area contributed by atoms with Gasteiger partial charge >= 0.3 is 6.18 Å². The number of rotatable bonds is 5. The van der Waals surface area contributed by atoms with E-state index in [4.69, 9.17) is 4.74 Å². The van der Waals surface area contributed by atoms with E-state index in [-0.39, 0.29) is 42.3 Å². The number of hydrazine groups is 1. The Morgan fingerprint density at radius 3 is 2.39 bits per heavy atom. The average Bonchev–Trinajstić information content (AvgIpc) is 2.81. The minimum absolute atomic E-state index is 0.00788. The minimum Gasteiger partial charge on any atom is -0.379 e. The molecule has 0 saturated carbocycles. The molecular formula is C21H20F3N3O5S. The minimum atomic E-state index is -4.51. The van der Waals surface area contributed by atoms with Gasteiger partial charge in [0, 0.05) is 24.7 Å². The molecule has 0 aliphatic carbocycles. The summed E-state index contributed by atoms with van der Waals surface area (Å²) < 4.78 is 70.1. The number of nitrogens with zero attached hydrogens (tertiary/aromatic N) is 1. The fraction of sp³-hybridized carbons (Fsp3) is 0.238. The highest BCUT2D eigenvalue weighted by Gasteiger charge is 2.30. The summed E-state index contributed by atoms with van der Waals surface area (Å²) in [5, 5.41) is 0. The lowest BCUT2D eigenvalue weighted by Gasteiger charge is -2.26. The summed E-state index contributed by atoms with van der Waals surface area (Å²) in [7, 11) is -3.81. The number of hydrogen-bond donors (Lipinski definition) is 2. The molecular weight excluding hydrogens is 463 g/mol. The second-order valence-electron chi connectivity index (χ2n) is 6.94. The summed E-state index contributed by atoms with van der Waals surface area (Å²) in [4.78, 5) is 24.2. The van der Waals surface area contributed by atoms with E-state index in [0.717, 1.165) is 24.3 Å². The van der Waals surface area contributed by atoms with Crippen LogP contribution in [0.1, 0.15) is 21.5 Å². The maximum absolute atomic E-state index is 12.7. The van der Waals surface area contributed by atoms with Gasteiger partial charge in [0.15, 0.2) is 0 Å². The Labute approximate surface area is 188 Å². The van der Waals surface area contributed by atoms with Crippen molar-refractivity contribution in [3.8, 4) is 0 Å². The molecule has 12 heteroatoms. The molecule has 0 aromatic heterocycles. The molecule has 0 radical (unpaired) electrons. The van der Waals surface area contributed by atoms with E-state index < -0.39 is 33.6 Å². The van der Waals surface area contributed by atoms with Gasteiger partial charge in [0.25, 0.3) is 11.8 Å². The Balaban J connectivity index is 1.61. The normalized spacial score (nSPS) is 15.4. The van der Waals surface area contributed by atoms with Crippen molar-refractivity contribution >= 4 is 27.9 Å². The molecule has 1 aliphatic heterocycles. The number of morpholine rings is 1. The molecule has 2 amide bonds. The third kappa shape index (κ3) is 6.40. The third-order valence-corrected chi connectivity index (χ3v) is 6.54. The molecule has 2 aromatic rings. The molecule has 1 heterocycles. The Morgan fingerprint density at radius 1 is 1.00 bits per heavy atom. The van der Waals surface area contributed by atoms with Crippen LogP contribution in [0.2, 0.25) is 0 Å². The molecule has 2 N–H and O–H groups in total. The Hall–Kier alpha value is -3.22. The van der Waals surface area contributed by atoms with E-state index in [0.29, 0.717) is 0 Å². The molecule has 3 rings (SSSR count). The molecule has 176 valence electrons. The van der Waals surface area contributed by atoms with Crippen molar-refractivity contribution in [2.75, 3.05) is 26.3 Å². The standard InChI is InChI=1S/C21H20F3N3O5S/c22-21(23,24)17-5-1-3-15(13-17)7-8-19(28)25-26-20(29)16-4-2-6-18(14-16)33(30,31)27-9-11-32-12-10-27/h1-8,13-14H,9-12H2,(H,25,28)(H,26,29)/b8-7+. The smallest absolute Gasteiger partial charge is 0.379 e. The van der Waals surface area contributed by atoms with Gasteiger partial charge in [-0.05, 0) is 42.0 Å². The number of sulfonamides is 1. The predicted molar refractivity (Wildman–Crippen MR) is 112 cm³/mol. The molecule has 1 aliphatic rings. The summed E-state index contributed by atoms with van der Waals surface area (Å²) in [5.41, 5.74) is 3.51. The lowest BCUT2D eigenvalue weighted by atomic mass is 10.1. The van der Waals surface area contributed by atoms with Crippen LogP contribution < -0.4 is 10.9 Å². The monoisotopic (exact) mass is 483 g/mol. The zero-order valence-corrected chi connectivity index (χ0v) is 17.9. The van der Waals surface area contributed by atoms with Gasteiger partial charge in [-0.1, -0.05) is 18.2 Å². The number of hydrogen-bond acceptors (Lipinski definition) is 5. The van der Waals surface area contributed by atoms with Crippen molar-refractivity contribution in [1.82, 2.24) is 15.2 Å². The molecule has 0 unspecified atom stereocenters. The van der Waals surface area contributed by atoms with Crippen molar-refractivity contribution < 1.29 is 35.9 Å². The first-order chi connectivity index (χ1) is 15.6. The lowest BCUT2D eigenvalue weighted by Crippen LogP contribution is -2.41. The summed E-state index contributed by atoms with van der Waals surface area (Å²) >= 11 is 0. The van der Waals surface area contributed by atoms with Crippen molar-refractivity contribution in [2.24, 2.45) is 0 Å². The van der Waals surface area contributed by atoms with E-state index in [1.54, 1.807) is 0 Å². The Kier molecular flexibility index (Phi) is 7.51. The lowest BCUT2D eigenvalue weighted by molar-refractivity contribution is -0.137. The topological polar surface area (TPSA) is 105 Å². The number of halogens is 3. The van der Waals surface area contributed by atoms with Crippen LogP contribution in [0.4, 0.5) is 13.2 Å². The number of amides is 2. The molecule has 1 fully saturated rings. The largest absolute Gasteiger partial charge is 0.416 e. The van der Waals surface area contributed by atoms with E-state index in [9.17, 15) is 31.2 Å². The van der Waals surface area contributed by atoms with Crippen LogP contribution in [-0.2, 0) is 25.7 Å². The number of carbonyl (C=O) groups is 2. The average molecular weight is 483 g/mol. The Morgan fingerprint density at radius 2 is 1.70 bits per heavy atom. The van der Waals surface area contributed by atoms with Crippen molar-refractivity contribution in [2.45, 2.75) is 11.1 Å². The van der Waals surface area contributed by atoms with Crippen LogP contribution in [0, 0.1) is 0 Å². The van der Waals surface area contributed by atoms with Gasteiger partial charge in [-0.25, -0.2) is 8.42 Å². The predicted octanol–water partition coefficient (Wildman–Crippen LogP) is 2.20. The first-order valence-corrected chi connectivity index (χ1v) is 11.1. The summed E-state index contributed by atoms with van der Waals surface area (Å²) in [6.07, 6.45) is -2.40. The molecule has 8 nitrogen and oxygen atoms in total. The van der Waals surface area contributed by atoms with Crippen molar-refractivity contribution in [3.63, 3.8) is 0 Å². The van der Waals surface area contributed by atoms with Crippen molar-refractivity contribution in [3.05, 3.63) is 71.3 Å². The van der Waals surface area contributed by atoms with E-state index in [2.05, 4.69) is 10.9 Å². The Bertz CT molecular complexity index is 1160. The third-order valence-electron chi connectivity index (χ3n) is 4.64. The number of ether oxygens (including phenoxy) is 1.